The van der Waals surface area contributed by atoms with E-state index in [1.54, 1.807) is 14.2 Å². The van der Waals surface area contributed by atoms with Crippen LogP contribution < -0.4 is 0 Å². The van der Waals surface area contributed by atoms with Gasteiger partial charge in [0.05, 0.1) is 0 Å². The van der Waals surface area contributed by atoms with Gasteiger partial charge in [-0.2, -0.15) is 0 Å². The van der Waals surface area contributed by atoms with Crippen molar-refractivity contribution in [3.63, 3.8) is 0 Å². The van der Waals surface area contributed by atoms with Crippen LogP contribution in [-0.4, -0.2) is 40.1 Å². The van der Waals surface area contributed by atoms with E-state index in [1.165, 1.54) is 0 Å². The molecule has 0 aliphatic rings. The average molecular weight is 205 g/mol. The molecule has 13 heavy (non-hydrogen) atoms. The molecule has 3 nitrogen and oxygen atoms in total. The van der Waals surface area contributed by atoms with Crippen molar-refractivity contribution >= 4 is 8.72 Å². The first-order valence-electron chi connectivity index (χ1n) is 4.68. The lowest BCUT2D eigenvalue weighted by Gasteiger charge is -2.43. The Labute approximate surface area is 83.4 Å². The Bertz CT molecular complexity index is 144. The Morgan fingerprint density at radius 2 is 1.54 bits per heavy atom. The van der Waals surface area contributed by atoms with Crippen molar-refractivity contribution in [1.82, 2.24) is 4.57 Å². The standard InChI is InChI=1S/C9H23NO2Si/c1-8-13(11-6,12-7)10(5)9(2,3)4/h8H2,1-7H3. The highest BCUT2D eigenvalue weighted by atomic mass is 28.4. The van der Waals surface area contributed by atoms with Crippen molar-refractivity contribution in [2.45, 2.75) is 39.3 Å². The molecule has 0 saturated carbocycles. The summed E-state index contributed by atoms with van der Waals surface area (Å²) < 4.78 is 13.4. The maximum absolute atomic E-state index is 5.57. The minimum atomic E-state index is -2.12. The van der Waals surface area contributed by atoms with Crippen LogP contribution in [0.25, 0.3) is 0 Å². The molecule has 0 aliphatic carbocycles. The van der Waals surface area contributed by atoms with Gasteiger partial charge in [0, 0.05) is 25.8 Å². The molecule has 0 atom stereocenters. The van der Waals surface area contributed by atoms with Gasteiger partial charge in [-0.05, 0) is 27.8 Å². The Morgan fingerprint density at radius 1 is 1.15 bits per heavy atom. The second kappa shape index (κ2) is 4.55. The van der Waals surface area contributed by atoms with E-state index in [4.69, 9.17) is 8.85 Å². The molecule has 4 heteroatoms. The molecule has 0 spiro atoms. The molecule has 0 aliphatic heterocycles. The summed E-state index contributed by atoms with van der Waals surface area (Å²) in [5.41, 5.74) is 0.0915. The van der Waals surface area contributed by atoms with Gasteiger partial charge >= 0.3 is 8.72 Å². The van der Waals surface area contributed by atoms with E-state index in [2.05, 4.69) is 39.3 Å². The van der Waals surface area contributed by atoms with Crippen molar-refractivity contribution in [3.8, 4) is 0 Å². The predicted molar refractivity (Wildman–Crippen MR) is 57.8 cm³/mol. The first kappa shape index (κ1) is 13.1. The highest BCUT2D eigenvalue weighted by Crippen LogP contribution is 2.23. The summed E-state index contributed by atoms with van der Waals surface area (Å²) in [5, 5.41) is 0. The minimum absolute atomic E-state index is 0.0915. The van der Waals surface area contributed by atoms with Crippen LogP contribution >= 0.6 is 0 Å². The molecule has 0 bridgehead atoms. The third-order valence-corrected chi connectivity index (χ3v) is 6.46. The van der Waals surface area contributed by atoms with Gasteiger partial charge in [-0.15, -0.1) is 0 Å². The zero-order valence-corrected chi connectivity index (χ0v) is 11.0. The summed E-state index contributed by atoms with van der Waals surface area (Å²) in [4.78, 5) is 0. The number of hydrogen-bond donors (Lipinski definition) is 0. The molecule has 0 aromatic carbocycles. The van der Waals surface area contributed by atoms with E-state index in [0.717, 1.165) is 6.04 Å². The summed E-state index contributed by atoms with van der Waals surface area (Å²) in [6, 6.07) is 0.938. The lowest BCUT2D eigenvalue weighted by molar-refractivity contribution is 0.128. The number of rotatable bonds is 4. The summed E-state index contributed by atoms with van der Waals surface area (Å²) in [7, 11) is 3.42. The lowest BCUT2D eigenvalue weighted by atomic mass is 10.1. The van der Waals surface area contributed by atoms with Crippen LogP contribution in [0.2, 0.25) is 6.04 Å². The molecule has 0 amide bonds. The average Bonchev–Trinajstić information content (AvgIpc) is 2.07. The Hall–Kier alpha value is 0.0969. The first-order valence-corrected chi connectivity index (χ1v) is 6.65. The van der Waals surface area contributed by atoms with Crippen LogP contribution in [0.5, 0.6) is 0 Å². The fourth-order valence-electron chi connectivity index (χ4n) is 1.39. The molecular formula is C9H23NO2Si. The van der Waals surface area contributed by atoms with Crippen LogP contribution in [0.3, 0.4) is 0 Å². The highest BCUT2D eigenvalue weighted by Gasteiger charge is 2.44. The van der Waals surface area contributed by atoms with Gasteiger partial charge in [-0.3, -0.25) is 4.57 Å². The van der Waals surface area contributed by atoms with E-state index in [1.807, 2.05) is 0 Å². The largest absolute Gasteiger partial charge is 0.427 e. The molecule has 0 radical (unpaired) electrons. The quantitative estimate of drug-likeness (QED) is 0.655. The summed E-state index contributed by atoms with van der Waals surface area (Å²) in [6.07, 6.45) is 0. The third kappa shape index (κ3) is 2.77. The zero-order chi connectivity index (χ0) is 10.7. The maximum Gasteiger partial charge on any atom is 0.427 e. The van der Waals surface area contributed by atoms with Crippen LogP contribution in [0.15, 0.2) is 0 Å². The lowest BCUT2D eigenvalue weighted by Crippen LogP contribution is -2.61. The summed E-state index contributed by atoms with van der Waals surface area (Å²) in [5.74, 6) is 0. The Morgan fingerprint density at radius 3 is 1.62 bits per heavy atom. The third-order valence-electron chi connectivity index (χ3n) is 2.60. The second-order valence-electron chi connectivity index (χ2n) is 4.20. The highest BCUT2D eigenvalue weighted by molar-refractivity contribution is 6.64. The van der Waals surface area contributed by atoms with Crippen LogP contribution in [0, 0.1) is 0 Å². The van der Waals surface area contributed by atoms with E-state index < -0.39 is 8.72 Å². The second-order valence-corrected chi connectivity index (χ2v) is 7.82. The van der Waals surface area contributed by atoms with Gasteiger partial charge < -0.3 is 8.85 Å². The molecule has 0 aromatic heterocycles. The van der Waals surface area contributed by atoms with Gasteiger partial charge in [0.1, 0.15) is 0 Å². The van der Waals surface area contributed by atoms with E-state index in [9.17, 15) is 0 Å². The molecule has 0 fully saturated rings. The maximum atomic E-state index is 5.57. The van der Waals surface area contributed by atoms with E-state index in [0.29, 0.717) is 0 Å². The predicted octanol–water partition coefficient (Wildman–Crippen LogP) is 1.97. The molecule has 0 N–H and O–H groups in total. The Balaban J connectivity index is 4.73. The van der Waals surface area contributed by atoms with Gasteiger partial charge in [0.25, 0.3) is 0 Å². The molecule has 80 valence electrons. The van der Waals surface area contributed by atoms with Gasteiger partial charge in [0.2, 0.25) is 0 Å². The van der Waals surface area contributed by atoms with Crippen LogP contribution in [-0.2, 0) is 8.85 Å². The first-order chi connectivity index (χ1) is 5.84. The van der Waals surface area contributed by atoms with Crippen molar-refractivity contribution in [2.24, 2.45) is 0 Å². The monoisotopic (exact) mass is 205 g/mol. The molecule has 0 rings (SSSR count). The van der Waals surface area contributed by atoms with Crippen molar-refractivity contribution in [2.75, 3.05) is 21.3 Å². The molecular weight excluding hydrogens is 182 g/mol. The zero-order valence-electron chi connectivity index (χ0n) is 9.97. The fraction of sp³-hybridized carbons (Fsp3) is 1.00. The van der Waals surface area contributed by atoms with Crippen molar-refractivity contribution in [3.05, 3.63) is 0 Å². The molecule has 0 aromatic rings. The summed E-state index contributed by atoms with van der Waals surface area (Å²) >= 11 is 0. The number of hydrogen-bond acceptors (Lipinski definition) is 3. The van der Waals surface area contributed by atoms with Gasteiger partial charge in [0.15, 0.2) is 0 Å². The van der Waals surface area contributed by atoms with Crippen molar-refractivity contribution in [1.29, 1.82) is 0 Å². The molecule has 0 unspecified atom stereocenters. The minimum Gasteiger partial charge on any atom is -0.386 e. The van der Waals surface area contributed by atoms with Crippen LogP contribution in [0.1, 0.15) is 27.7 Å². The molecule has 0 saturated heterocycles. The van der Waals surface area contributed by atoms with Gasteiger partial charge in [-0.1, -0.05) is 6.92 Å². The SMILES string of the molecule is CC[Si](OC)(OC)N(C)C(C)(C)C. The van der Waals surface area contributed by atoms with Crippen LogP contribution in [0.4, 0.5) is 0 Å². The fourth-order valence-corrected chi connectivity index (χ4v) is 4.18. The number of nitrogens with zero attached hydrogens (tertiary/aromatic N) is 1. The summed E-state index contributed by atoms with van der Waals surface area (Å²) in [6.45, 7) is 8.62. The van der Waals surface area contributed by atoms with E-state index >= 15 is 0 Å². The molecule has 0 heterocycles. The topological polar surface area (TPSA) is 21.7 Å². The smallest absolute Gasteiger partial charge is 0.386 e. The van der Waals surface area contributed by atoms with Gasteiger partial charge in [-0.25, -0.2) is 0 Å². The van der Waals surface area contributed by atoms with Crippen molar-refractivity contribution < 1.29 is 8.85 Å². The van der Waals surface area contributed by atoms with E-state index in [-0.39, 0.29) is 5.54 Å². The normalized spacial score (nSPS) is 13.8. The Kier molecular flexibility index (Phi) is 4.58.